The van der Waals surface area contributed by atoms with Gasteiger partial charge in [-0.25, -0.2) is 0 Å². The summed E-state index contributed by atoms with van der Waals surface area (Å²) in [5.74, 6) is 1.08. The van der Waals surface area contributed by atoms with E-state index in [9.17, 15) is 0 Å². The predicted octanol–water partition coefficient (Wildman–Crippen LogP) is 4.15. The Labute approximate surface area is 191 Å². The predicted molar refractivity (Wildman–Crippen MR) is 131 cm³/mol. The number of rotatable bonds is 6. The molecule has 0 N–H and O–H groups in total. The van der Waals surface area contributed by atoms with Gasteiger partial charge in [0.2, 0.25) is 0 Å². The van der Waals surface area contributed by atoms with Crippen molar-refractivity contribution in [3.05, 3.63) is 83.2 Å². The summed E-state index contributed by atoms with van der Waals surface area (Å²) in [5.41, 5.74) is 6.52. The maximum Gasteiger partial charge on any atom is 0.128 e. The summed E-state index contributed by atoms with van der Waals surface area (Å²) in [7, 11) is 6.45. The normalized spacial score (nSPS) is 22.1. The lowest BCUT2D eigenvalue weighted by molar-refractivity contribution is 0.204. The van der Waals surface area contributed by atoms with Crippen molar-refractivity contribution in [1.29, 1.82) is 0 Å². The number of nitrogens with zero attached hydrogens (tertiary/aromatic N) is 5. The van der Waals surface area contributed by atoms with Gasteiger partial charge in [0.1, 0.15) is 5.84 Å². The minimum absolute atomic E-state index is 0.267. The van der Waals surface area contributed by atoms with Gasteiger partial charge in [0.15, 0.2) is 0 Å². The second kappa shape index (κ2) is 9.00. The third-order valence-corrected chi connectivity index (χ3v) is 6.72. The van der Waals surface area contributed by atoms with E-state index in [1.807, 2.05) is 6.20 Å². The molecule has 3 heterocycles. The molecule has 0 saturated heterocycles. The first-order chi connectivity index (χ1) is 15.6. The maximum atomic E-state index is 5.08. The molecule has 1 aliphatic carbocycles. The molecule has 2 atom stereocenters. The molecule has 0 radical (unpaired) electrons. The van der Waals surface area contributed by atoms with Crippen LogP contribution in [0.15, 0.2) is 65.8 Å². The molecular formula is C27H33N5. The van der Waals surface area contributed by atoms with Crippen LogP contribution in [0.5, 0.6) is 0 Å². The van der Waals surface area contributed by atoms with Crippen LogP contribution in [0, 0.1) is 0 Å². The van der Waals surface area contributed by atoms with Gasteiger partial charge < -0.3 is 9.80 Å². The van der Waals surface area contributed by atoms with Gasteiger partial charge in [-0.2, -0.15) is 0 Å². The van der Waals surface area contributed by atoms with E-state index in [0.29, 0.717) is 6.04 Å². The highest BCUT2D eigenvalue weighted by Gasteiger charge is 2.32. The van der Waals surface area contributed by atoms with Gasteiger partial charge in [0.05, 0.1) is 17.8 Å². The summed E-state index contributed by atoms with van der Waals surface area (Å²) < 4.78 is 0. The lowest BCUT2D eigenvalue weighted by atomic mass is 9.91. The Kier molecular flexibility index (Phi) is 5.94. The molecule has 32 heavy (non-hydrogen) atoms. The number of allylic oxidation sites excluding steroid dienone is 2. The summed E-state index contributed by atoms with van der Waals surface area (Å²) in [4.78, 5) is 16.9. The van der Waals surface area contributed by atoms with Crippen molar-refractivity contribution in [2.24, 2.45) is 4.99 Å². The van der Waals surface area contributed by atoms with E-state index >= 15 is 0 Å². The van der Waals surface area contributed by atoms with Gasteiger partial charge in [-0.3, -0.25) is 14.9 Å². The van der Waals surface area contributed by atoms with Crippen molar-refractivity contribution in [3.8, 4) is 0 Å². The Balaban J connectivity index is 1.28. The van der Waals surface area contributed by atoms with E-state index in [4.69, 9.17) is 9.98 Å². The number of aromatic nitrogens is 1. The number of fused-ring (bicyclic) bond motifs is 2. The number of benzene rings is 1. The van der Waals surface area contributed by atoms with Crippen molar-refractivity contribution in [1.82, 2.24) is 19.7 Å². The Morgan fingerprint density at radius 1 is 1.09 bits per heavy atom. The topological polar surface area (TPSA) is 35.0 Å². The molecule has 0 amide bonds. The third kappa shape index (κ3) is 4.27. The zero-order valence-electron chi connectivity index (χ0n) is 19.4. The lowest BCUT2D eigenvalue weighted by Gasteiger charge is -2.33. The molecule has 0 fully saturated rings. The van der Waals surface area contributed by atoms with Crippen LogP contribution in [0.1, 0.15) is 41.3 Å². The standard InChI is InChI=1S/C27H33N5/c1-30(2)17-20-12-14-21(15-13-20)24-9-5-11-26-29-23(19-32(24)26)18-31(3)25-10-4-7-22-8-6-16-28-27(22)25/h5-6,8-9,11-16,23,25H,4,7,10,17-19H2,1-3H3. The van der Waals surface area contributed by atoms with Crippen molar-refractivity contribution < 1.29 is 0 Å². The SMILES string of the molecule is CN(C)Cc1ccc(C2=CC=CC3=NC(CN(C)C4CCCc5cccnc54)CN23)cc1. The van der Waals surface area contributed by atoms with Crippen molar-refractivity contribution >= 4 is 11.5 Å². The number of hydrogen-bond acceptors (Lipinski definition) is 5. The Morgan fingerprint density at radius 2 is 1.94 bits per heavy atom. The minimum atomic E-state index is 0.267. The molecule has 0 bridgehead atoms. The highest BCUT2D eigenvalue weighted by atomic mass is 15.3. The van der Waals surface area contributed by atoms with E-state index in [0.717, 1.165) is 31.9 Å². The molecule has 5 heteroatoms. The molecule has 5 rings (SSSR count). The second-order valence-electron chi connectivity index (χ2n) is 9.49. The number of hydrogen-bond donors (Lipinski definition) is 0. The Morgan fingerprint density at radius 3 is 2.75 bits per heavy atom. The highest BCUT2D eigenvalue weighted by molar-refractivity contribution is 6.02. The second-order valence-corrected chi connectivity index (χ2v) is 9.49. The van der Waals surface area contributed by atoms with Crippen LogP contribution in [-0.2, 0) is 13.0 Å². The number of aryl methyl sites for hydroxylation is 1. The van der Waals surface area contributed by atoms with Crippen molar-refractivity contribution in [2.75, 3.05) is 34.2 Å². The van der Waals surface area contributed by atoms with Crippen LogP contribution in [0.3, 0.4) is 0 Å². The highest BCUT2D eigenvalue weighted by Crippen LogP contribution is 2.33. The van der Waals surface area contributed by atoms with Crippen LogP contribution in [-0.4, -0.2) is 65.8 Å². The van der Waals surface area contributed by atoms with E-state index < -0.39 is 0 Å². The average Bonchev–Trinajstić information content (AvgIpc) is 3.21. The molecule has 3 aliphatic rings. The zero-order valence-corrected chi connectivity index (χ0v) is 19.4. The lowest BCUT2D eigenvalue weighted by Crippen LogP contribution is -2.36. The number of likely N-dealkylation sites (N-methyl/N-ethyl adjacent to an activating group) is 1. The van der Waals surface area contributed by atoms with E-state index in [1.165, 1.54) is 40.9 Å². The number of pyridine rings is 1. The Hall–Kier alpha value is -2.76. The van der Waals surface area contributed by atoms with Gasteiger partial charge in [0.25, 0.3) is 0 Å². The molecule has 2 aromatic rings. The third-order valence-electron chi connectivity index (χ3n) is 6.72. The average molecular weight is 428 g/mol. The van der Waals surface area contributed by atoms with Crippen LogP contribution >= 0.6 is 0 Å². The molecule has 2 aliphatic heterocycles. The molecule has 166 valence electrons. The minimum Gasteiger partial charge on any atom is -0.324 e. The van der Waals surface area contributed by atoms with Gasteiger partial charge in [-0.1, -0.05) is 36.4 Å². The maximum absolute atomic E-state index is 5.08. The molecule has 0 saturated carbocycles. The smallest absolute Gasteiger partial charge is 0.128 e. The summed E-state index contributed by atoms with van der Waals surface area (Å²) in [5, 5.41) is 0. The molecule has 5 nitrogen and oxygen atoms in total. The van der Waals surface area contributed by atoms with Gasteiger partial charge in [-0.05, 0) is 75.3 Å². The first-order valence-electron chi connectivity index (χ1n) is 11.7. The summed E-state index contributed by atoms with van der Waals surface area (Å²) in [6.07, 6.45) is 12.0. The fraction of sp³-hybridized carbons (Fsp3) is 0.407. The van der Waals surface area contributed by atoms with Crippen LogP contribution in [0.4, 0.5) is 0 Å². The monoisotopic (exact) mass is 427 g/mol. The van der Waals surface area contributed by atoms with Crippen molar-refractivity contribution in [3.63, 3.8) is 0 Å². The molecular weight excluding hydrogens is 394 g/mol. The van der Waals surface area contributed by atoms with E-state index in [-0.39, 0.29) is 6.04 Å². The van der Waals surface area contributed by atoms with Crippen LogP contribution < -0.4 is 0 Å². The largest absolute Gasteiger partial charge is 0.324 e. The van der Waals surface area contributed by atoms with E-state index in [2.05, 4.69) is 90.5 Å². The first kappa shape index (κ1) is 21.1. The molecule has 0 spiro atoms. The number of amidine groups is 1. The molecule has 2 unspecified atom stereocenters. The fourth-order valence-corrected chi connectivity index (χ4v) is 5.24. The fourth-order valence-electron chi connectivity index (χ4n) is 5.24. The van der Waals surface area contributed by atoms with Gasteiger partial charge in [-0.15, -0.1) is 0 Å². The quantitative estimate of drug-likeness (QED) is 0.694. The van der Waals surface area contributed by atoms with Gasteiger partial charge in [0, 0.05) is 31.5 Å². The van der Waals surface area contributed by atoms with Crippen molar-refractivity contribution in [2.45, 2.75) is 37.9 Å². The summed E-state index contributed by atoms with van der Waals surface area (Å²) in [6, 6.07) is 13.9. The van der Waals surface area contributed by atoms with Crippen LogP contribution in [0.2, 0.25) is 0 Å². The molecule has 1 aromatic carbocycles. The first-order valence-corrected chi connectivity index (χ1v) is 11.7. The number of aliphatic imine (C=N–C) groups is 1. The van der Waals surface area contributed by atoms with E-state index in [1.54, 1.807) is 0 Å². The zero-order chi connectivity index (χ0) is 22.1. The summed E-state index contributed by atoms with van der Waals surface area (Å²) >= 11 is 0. The summed E-state index contributed by atoms with van der Waals surface area (Å²) in [6.45, 7) is 2.84. The van der Waals surface area contributed by atoms with Crippen LogP contribution in [0.25, 0.3) is 5.70 Å². The molecule has 1 aromatic heterocycles. The van der Waals surface area contributed by atoms with Gasteiger partial charge >= 0.3 is 0 Å². The Bertz CT molecular complexity index is 1050.